The van der Waals surface area contributed by atoms with E-state index in [0.29, 0.717) is 31.2 Å². The van der Waals surface area contributed by atoms with Crippen molar-refractivity contribution in [2.75, 3.05) is 33.7 Å². The van der Waals surface area contributed by atoms with E-state index in [1.807, 2.05) is 12.1 Å². The molecule has 8 heteroatoms. The Kier molecular flexibility index (Phi) is 7.53. The van der Waals surface area contributed by atoms with Crippen LogP contribution in [0, 0.1) is 0 Å². The predicted octanol–water partition coefficient (Wildman–Crippen LogP) is 0.131. The van der Waals surface area contributed by atoms with Gasteiger partial charge >= 0.3 is 0 Å². The molecule has 23 heavy (non-hydrogen) atoms. The number of piperazine rings is 1. The first-order chi connectivity index (χ1) is 10.6. The van der Waals surface area contributed by atoms with Gasteiger partial charge in [-0.05, 0) is 17.7 Å². The number of hydrogen-bond donors (Lipinski definition) is 3. The quantitative estimate of drug-likeness (QED) is 0.511. The van der Waals surface area contributed by atoms with Gasteiger partial charge in [0.15, 0.2) is 5.96 Å². The van der Waals surface area contributed by atoms with Gasteiger partial charge in [0.1, 0.15) is 0 Å². The van der Waals surface area contributed by atoms with Gasteiger partial charge in [-0.1, -0.05) is 12.1 Å². The SMILES string of the molecule is Br.CN=C(NC)NCc1ccc(C(=O)N2CCNC(=O)C2)cc1. The van der Waals surface area contributed by atoms with Crippen LogP contribution in [0.15, 0.2) is 29.3 Å². The van der Waals surface area contributed by atoms with E-state index in [9.17, 15) is 9.59 Å². The minimum absolute atomic E-state index is 0. The molecule has 3 N–H and O–H groups in total. The maximum atomic E-state index is 12.3. The van der Waals surface area contributed by atoms with E-state index >= 15 is 0 Å². The van der Waals surface area contributed by atoms with Crippen LogP contribution in [0.25, 0.3) is 0 Å². The summed E-state index contributed by atoms with van der Waals surface area (Å²) in [4.78, 5) is 29.3. The maximum absolute atomic E-state index is 12.3. The number of nitrogens with zero attached hydrogens (tertiary/aromatic N) is 2. The first-order valence-corrected chi connectivity index (χ1v) is 7.17. The van der Waals surface area contributed by atoms with E-state index < -0.39 is 0 Å². The number of halogens is 1. The standard InChI is InChI=1S/C15H21N5O2.BrH/c1-16-15(17-2)19-9-11-3-5-12(6-4-11)14(22)20-8-7-18-13(21)10-20;/h3-6H,7-10H2,1-2H3,(H,18,21)(H2,16,17,19);1H. The van der Waals surface area contributed by atoms with Gasteiger partial charge in [-0.25, -0.2) is 0 Å². The normalized spacial score (nSPS) is 14.6. The molecular weight excluding hydrogens is 362 g/mol. The summed E-state index contributed by atoms with van der Waals surface area (Å²) in [7, 11) is 3.50. The van der Waals surface area contributed by atoms with Crippen LogP contribution < -0.4 is 16.0 Å². The Bertz CT molecular complexity index is 574. The summed E-state index contributed by atoms with van der Waals surface area (Å²) in [5, 5.41) is 8.79. The number of aliphatic imine (C=N–C) groups is 1. The van der Waals surface area contributed by atoms with Crippen molar-refractivity contribution in [3.8, 4) is 0 Å². The van der Waals surface area contributed by atoms with Crippen molar-refractivity contribution >= 4 is 34.8 Å². The van der Waals surface area contributed by atoms with Gasteiger partial charge in [0.2, 0.25) is 5.91 Å². The lowest BCUT2D eigenvalue weighted by molar-refractivity contribution is -0.123. The molecule has 0 bridgehead atoms. The molecule has 2 rings (SSSR count). The first kappa shape index (κ1) is 19.0. The summed E-state index contributed by atoms with van der Waals surface area (Å²) >= 11 is 0. The van der Waals surface area contributed by atoms with Crippen molar-refractivity contribution in [3.63, 3.8) is 0 Å². The van der Waals surface area contributed by atoms with Gasteiger partial charge in [0, 0.05) is 39.3 Å². The van der Waals surface area contributed by atoms with E-state index in [1.54, 1.807) is 31.1 Å². The highest BCUT2D eigenvalue weighted by atomic mass is 79.9. The second-order valence-electron chi connectivity index (χ2n) is 4.95. The van der Waals surface area contributed by atoms with Crippen LogP contribution in [0.3, 0.4) is 0 Å². The summed E-state index contributed by atoms with van der Waals surface area (Å²) in [5.74, 6) is 0.485. The highest BCUT2D eigenvalue weighted by molar-refractivity contribution is 8.93. The van der Waals surface area contributed by atoms with E-state index in [4.69, 9.17) is 0 Å². The Hall–Kier alpha value is -2.09. The monoisotopic (exact) mass is 383 g/mol. The summed E-state index contributed by atoms with van der Waals surface area (Å²) in [6.45, 7) is 1.80. The number of benzene rings is 1. The van der Waals surface area contributed by atoms with Crippen molar-refractivity contribution < 1.29 is 9.59 Å². The Morgan fingerprint density at radius 3 is 2.61 bits per heavy atom. The minimum Gasteiger partial charge on any atom is -0.359 e. The second kappa shape index (κ2) is 9.14. The molecule has 7 nitrogen and oxygen atoms in total. The molecule has 1 aromatic rings. The zero-order valence-electron chi connectivity index (χ0n) is 13.3. The summed E-state index contributed by atoms with van der Waals surface area (Å²) in [5.41, 5.74) is 1.64. The molecule has 0 aliphatic carbocycles. The van der Waals surface area contributed by atoms with Gasteiger partial charge in [0.25, 0.3) is 5.91 Å². The molecule has 0 saturated carbocycles. The van der Waals surface area contributed by atoms with E-state index in [1.165, 1.54) is 0 Å². The molecule has 1 aromatic carbocycles. The van der Waals surface area contributed by atoms with Crippen molar-refractivity contribution in [3.05, 3.63) is 35.4 Å². The van der Waals surface area contributed by atoms with Crippen LogP contribution in [0.1, 0.15) is 15.9 Å². The lowest BCUT2D eigenvalue weighted by Crippen LogP contribution is -2.49. The van der Waals surface area contributed by atoms with Crippen molar-refractivity contribution in [1.82, 2.24) is 20.9 Å². The fourth-order valence-electron chi connectivity index (χ4n) is 2.22. The molecule has 0 unspecified atom stereocenters. The summed E-state index contributed by atoms with van der Waals surface area (Å²) in [6.07, 6.45) is 0. The lowest BCUT2D eigenvalue weighted by Gasteiger charge is -2.26. The van der Waals surface area contributed by atoms with Crippen LogP contribution in [0.4, 0.5) is 0 Å². The molecule has 0 radical (unpaired) electrons. The van der Waals surface area contributed by atoms with Crippen molar-refractivity contribution in [2.24, 2.45) is 4.99 Å². The average molecular weight is 384 g/mol. The van der Waals surface area contributed by atoms with Gasteiger partial charge in [0.05, 0.1) is 6.54 Å². The molecule has 0 aromatic heterocycles. The number of guanidine groups is 1. The van der Waals surface area contributed by atoms with Gasteiger partial charge in [-0.15, -0.1) is 17.0 Å². The lowest BCUT2D eigenvalue weighted by atomic mass is 10.1. The van der Waals surface area contributed by atoms with Crippen molar-refractivity contribution in [2.45, 2.75) is 6.54 Å². The smallest absolute Gasteiger partial charge is 0.254 e. The summed E-state index contributed by atoms with van der Waals surface area (Å²) in [6, 6.07) is 7.36. The Labute approximate surface area is 146 Å². The minimum atomic E-state index is -0.112. The molecule has 1 fully saturated rings. The topological polar surface area (TPSA) is 85.8 Å². The zero-order chi connectivity index (χ0) is 15.9. The number of carbonyl (C=O) groups is 2. The second-order valence-corrected chi connectivity index (χ2v) is 4.95. The number of carbonyl (C=O) groups excluding carboxylic acids is 2. The average Bonchev–Trinajstić information content (AvgIpc) is 2.56. The van der Waals surface area contributed by atoms with Crippen molar-refractivity contribution in [1.29, 1.82) is 0 Å². The first-order valence-electron chi connectivity index (χ1n) is 7.17. The number of nitrogens with one attached hydrogen (secondary N) is 3. The van der Waals surface area contributed by atoms with E-state index in [2.05, 4.69) is 20.9 Å². The Balaban J connectivity index is 0.00000264. The molecule has 0 atom stereocenters. The molecule has 1 aliphatic heterocycles. The predicted molar refractivity (Wildman–Crippen MR) is 94.9 cm³/mol. The molecule has 0 spiro atoms. The molecule has 1 aliphatic rings. The zero-order valence-corrected chi connectivity index (χ0v) is 15.0. The molecule has 126 valence electrons. The molecule has 1 saturated heterocycles. The Morgan fingerprint density at radius 2 is 2.04 bits per heavy atom. The highest BCUT2D eigenvalue weighted by Gasteiger charge is 2.21. The number of rotatable bonds is 3. The third-order valence-electron chi connectivity index (χ3n) is 3.45. The van der Waals surface area contributed by atoms with E-state index in [-0.39, 0.29) is 35.3 Å². The number of amides is 2. The maximum Gasteiger partial charge on any atom is 0.254 e. The van der Waals surface area contributed by atoms with E-state index in [0.717, 1.165) is 5.56 Å². The fraction of sp³-hybridized carbons (Fsp3) is 0.400. The molecule has 2 amide bonds. The third-order valence-corrected chi connectivity index (χ3v) is 3.45. The van der Waals surface area contributed by atoms with Crippen LogP contribution in [0.5, 0.6) is 0 Å². The fourth-order valence-corrected chi connectivity index (χ4v) is 2.22. The highest BCUT2D eigenvalue weighted by Crippen LogP contribution is 2.09. The summed E-state index contributed by atoms with van der Waals surface area (Å²) < 4.78 is 0. The van der Waals surface area contributed by atoms with Crippen LogP contribution in [-0.4, -0.2) is 56.4 Å². The van der Waals surface area contributed by atoms with Gasteiger partial charge < -0.3 is 20.9 Å². The third kappa shape index (κ3) is 5.24. The van der Waals surface area contributed by atoms with Gasteiger partial charge in [-0.3, -0.25) is 14.6 Å². The van der Waals surface area contributed by atoms with Crippen LogP contribution in [-0.2, 0) is 11.3 Å². The molecular formula is C15H22BrN5O2. The number of hydrogen-bond acceptors (Lipinski definition) is 3. The van der Waals surface area contributed by atoms with Gasteiger partial charge in [-0.2, -0.15) is 0 Å². The van der Waals surface area contributed by atoms with Crippen LogP contribution >= 0.6 is 17.0 Å². The Morgan fingerprint density at radius 1 is 1.35 bits per heavy atom. The molecule has 1 heterocycles. The van der Waals surface area contributed by atoms with Crippen LogP contribution in [0.2, 0.25) is 0 Å². The largest absolute Gasteiger partial charge is 0.359 e.